The molecule has 1 saturated heterocycles. The smallest absolute Gasteiger partial charge is 0.186 e. The minimum absolute atomic E-state index is 0.989. The van der Waals surface area contributed by atoms with E-state index in [9.17, 15) is 0 Å². The van der Waals surface area contributed by atoms with E-state index >= 15 is 0 Å². The molecule has 4 aromatic rings. The van der Waals surface area contributed by atoms with Gasteiger partial charge in [-0.25, -0.2) is 9.97 Å². The quantitative estimate of drug-likeness (QED) is 0.428. The van der Waals surface area contributed by atoms with Crippen LogP contribution in [0.3, 0.4) is 0 Å². The average Bonchev–Trinajstić information content (AvgIpc) is 3.33. The number of para-hydroxylation sites is 2. The summed E-state index contributed by atoms with van der Waals surface area (Å²) in [5.41, 5.74) is 3.55. The van der Waals surface area contributed by atoms with Crippen molar-refractivity contribution < 1.29 is 0 Å². The van der Waals surface area contributed by atoms with Gasteiger partial charge in [0, 0.05) is 31.1 Å². The van der Waals surface area contributed by atoms with Crippen LogP contribution in [0.25, 0.3) is 20.4 Å². The second-order valence-electron chi connectivity index (χ2n) is 6.70. The largest absolute Gasteiger partial charge is 0.345 e. The van der Waals surface area contributed by atoms with Gasteiger partial charge >= 0.3 is 0 Å². The lowest BCUT2D eigenvalue weighted by molar-refractivity contribution is 0.651. The molecule has 1 aliphatic heterocycles. The first kappa shape index (κ1) is 17.3. The number of fused-ring (bicyclic) bond motifs is 2. The number of aromatic nitrogens is 2. The van der Waals surface area contributed by atoms with Gasteiger partial charge in [0.15, 0.2) is 10.3 Å². The molecule has 0 radical (unpaired) electrons. The number of piperazine rings is 1. The van der Waals surface area contributed by atoms with E-state index in [1.165, 1.54) is 19.9 Å². The molecule has 138 valence electrons. The molecule has 0 bridgehead atoms. The first-order chi connectivity index (χ1) is 13.2. The van der Waals surface area contributed by atoms with Gasteiger partial charge in [-0.15, -0.1) is 11.8 Å². The van der Waals surface area contributed by atoms with Gasteiger partial charge in [-0.1, -0.05) is 40.9 Å². The second-order valence-corrected chi connectivity index (χ2v) is 9.56. The number of thioether (sulfide) groups is 1. The Kier molecular flexibility index (Phi) is 4.46. The molecular weight excluding hydrogens is 392 g/mol. The summed E-state index contributed by atoms with van der Waals surface area (Å²) in [4.78, 5) is 15.9. The molecule has 0 unspecified atom stereocenters. The van der Waals surface area contributed by atoms with Crippen molar-refractivity contribution in [2.75, 3.05) is 42.2 Å². The highest BCUT2D eigenvalue weighted by atomic mass is 32.2. The molecule has 1 aliphatic rings. The van der Waals surface area contributed by atoms with Gasteiger partial charge in [-0.3, -0.25) is 0 Å². The molecule has 1 fully saturated rings. The van der Waals surface area contributed by atoms with E-state index in [4.69, 9.17) is 9.97 Å². The summed E-state index contributed by atoms with van der Waals surface area (Å²) < 4.78 is 2.56. The van der Waals surface area contributed by atoms with Crippen LogP contribution in [0.5, 0.6) is 0 Å². The predicted octanol–water partition coefficient (Wildman–Crippen LogP) is 5.26. The van der Waals surface area contributed by atoms with Crippen LogP contribution < -0.4 is 9.80 Å². The number of hydrogen-bond acceptors (Lipinski definition) is 7. The first-order valence-corrected chi connectivity index (χ1v) is 11.9. The van der Waals surface area contributed by atoms with E-state index in [-0.39, 0.29) is 0 Å². The zero-order valence-electron chi connectivity index (χ0n) is 15.3. The lowest BCUT2D eigenvalue weighted by Gasteiger charge is -2.34. The Morgan fingerprint density at radius 2 is 1.37 bits per heavy atom. The fraction of sp³-hybridized carbons (Fsp3) is 0.300. The molecule has 5 rings (SSSR count). The van der Waals surface area contributed by atoms with Crippen LogP contribution in [0.15, 0.2) is 41.3 Å². The monoisotopic (exact) mass is 412 g/mol. The minimum atomic E-state index is 0.989. The summed E-state index contributed by atoms with van der Waals surface area (Å²) in [6.07, 6.45) is 2.12. The van der Waals surface area contributed by atoms with Gasteiger partial charge in [0.2, 0.25) is 0 Å². The normalized spacial score (nSPS) is 15.2. The van der Waals surface area contributed by atoms with E-state index in [1.54, 1.807) is 34.4 Å². The lowest BCUT2D eigenvalue weighted by Crippen LogP contribution is -2.46. The topological polar surface area (TPSA) is 32.3 Å². The van der Waals surface area contributed by atoms with E-state index in [2.05, 4.69) is 59.4 Å². The van der Waals surface area contributed by atoms with Crippen molar-refractivity contribution in [3.63, 3.8) is 0 Å². The van der Waals surface area contributed by atoms with Gasteiger partial charge in [0.05, 0.1) is 20.4 Å². The van der Waals surface area contributed by atoms with Crippen molar-refractivity contribution in [3.05, 3.63) is 42.0 Å². The second kappa shape index (κ2) is 6.96. The summed E-state index contributed by atoms with van der Waals surface area (Å²) in [6, 6.07) is 12.9. The molecule has 2 aromatic carbocycles. The maximum atomic E-state index is 4.94. The van der Waals surface area contributed by atoms with Crippen molar-refractivity contribution in [2.45, 2.75) is 11.8 Å². The van der Waals surface area contributed by atoms with Crippen molar-refractivity contribution in [3.8, 4) is 0 Å². The van der Waals surface area contributed by atoms with Crippen molar-refractivity contribution in [1.29, 1.82) is 0 Å². The van der Waals surface area contributed by atoms with E-state index < -0.39 is 0 Å². The van der Waals surface area contributed by atoms with Crippen LogP contribution in [0.1, 0.15) is 5.56 Å². The third-order valence-corrected chi connectivity index (χ3v) is 7.95. The highest BCUT2D eigenvalue weighted by molar-refractivity contribution is 7.98. The molecule has 3 heterocycles. The average molecular weight is 413 g/mol. The van der Waals surface area contributed by atoms with Crippen molar-refractivity contribution >= 4 is 65.1 Å². The molecule has 0 amide bonds. The molecule has 7 heteroatoms. The maximum absolute atomic E-state index is 4.94. The molecule has 0 saturated carbocycles. The van der Waals surface area contributed by atoms with Crippen LogP contribution in [0.2, 0.25) is 0 Å². The molecule has 4 nitrogen and oxygen atoms in total. The molecule has 0 N–H and O–H groups in total. The molecule has 0 atom stereocenters. The van der Waals surface area contributed by atoms with E-state index in [0.29, 0.717) is 0 Å². The first-order valence-electron chi connectivity index (χ1n) is 9.02. The Labute approximate surface area is 170 Å². The molecule has 2 aromatic heterocycles. The van der Waals surface area contributed by atoms with Crippen LogP contribution in [0, 0.1) is 6.92 Å². The fourth-order valence-corrected chi connectivity index (χ4v) is 6.28. The summed E-state index contributed by atoms with van der Waals surface area (Å²) in [7, 11) is 0. The van der Waals surface area contributed by atoms with Crippen molar-refractivity contribution in [1.82, 2.24) is 9.97 Å². The Hall–Kier alpha value is -1.83. The summed E-state index contributed by atoms with van der Waals surface area (Å²) in [5.74, 6) is 0. The summed E-state index contributed by atoms with van der Waals surface area (Å²) in [6.45, 7) is 6.10. The number of aryl methyl sites for hydroxylation is 1. The van der Waals surface area contributed by atoms with Gasteiger partial charge < -0.3 is 9.80 Å². The maximum Gasteiger partial charge on any atom is 0.186 e. The minimum Gasteiger partial charge on any atom is -0.345 e. The number of hydrogen-bond donors (Lipinski definition) is 0. The molecule has 27 heavy (non-hydrogen) atoms. The number of benzene rings is 2. The zero-order chi connectivity index (χ0) is 18.4. The number of anilines is 2. The molecule has 0 aliphatic carbocycles. The number of thiazole rings is 2. The van der Waals surface area contributed by atoms with E-state index in [1.807, 2.05) is 0 Å². The standard InChI is InChI=1S/C20H20N4S3/c1-13-5-3-7-15-17(13)21-19(26-15)23-9-11-24(12-10-23)20-22-18-14(25-2)6-4-8-16(18)27-20/h3-8H,9-12H2,1-2H3. The van der Waals surface area contributed by atoms with E-state index in [0.717, 1.165) is 47.5 Å². The van der Waals surface area contributed by atoms with Crippen LogP contribution in [-0.2, 0) is 0 Å². The van der Waals surface area contributed by atoms with Crippen LogP contribution in [0.4, 0.5) is 10.3 Å². The zero-order valence-corrected chi connectivity index (χ0v) is 17.8. The fourth-order valence-electron chi connectivity index (χ4n) is 3.51. The Morgan fingerprint density at radius 3 is 1.96 bits per heavy atom. The van der Waals surface area contributed by atoms with Crippen LogP contribution >= 0.6 is 34.4 Å². The van der Waals surface area contributed by atoms with Crippen LogP contribution in [-0.4, -0.2) is 42.4 Å². The highest BCUT2D eigenvalue weighted by Gasteiger charge is 2.22. The summed E-state index contributed by atoms with van der Waals surface area (Å²) in [5, 5.41) is 2.29. The third-order valence-electron chi connectivity index (χ3n) is 5.02. The van der Waals surface area contributed by atoms with Gasteiger partial charge in [-0.2, -0.15) is 0 Å². The highest BCUT2D eigenvalue weighted by Crippen LogP contribution is 2.35. The van der Waals surface area contributed by atoms with Gasteiger partial charge in [0.1, 0.15) is 0 Å². The molecule has 0 spiro atoms. The number of rotatable bonds is 3. The lowest BCUT2D eigenvalue weighted by atomic mass is 10.2. The predicted molar refractivity (Wildman–Crippen MR) is 120 cm³/mol. The van der Waals surface area contributed by atoms with Gasteiger partial charge in [-0.05, 0) is 36.9 Å². The Morgan fingerprint density at radius 1 is 0.815 bits per heavy atom. The third kappa shape index (κ3) is 3.07. The van der Waals surface area contributed by atoms with Gasteiger partial charge in [0.25, 0.3) is 0 Å². The molecular formula is C20H20N4S3. The number of nitrogens with zero attached hydrogens (tertiary/aromatic N) is 4. The Balaban J connectivity index is 1.36. The van der Waals surface area contributed by atoms with Crippen molar-refractivity contribution in [2.24, 2.45) is 0 Å². The SMILES string of the molecule is CSc1cccc2sc(N3CCN(c4nc5c(C)cccc5s4)CC3)nc12. The Bertz CT molecular complexity index is 1110. The summed E-state index contributed by atoms with van der Waals surface area (Å²) >= 11 is 5.38.